The Hall–Kier alpha value is -4.45. The number of carbonyl (C=O) groups is 1. The van der Waals surface area contributed by atoms with Crippen LogP contribution in [0.1, 0.15) is 48.7 Å². The molecule has 6 rings (SSSR count). The third kappa shape index (κ3) is 8.21. The largest absolute Gasteiger partial charge is 0.465 e. The number of hydrogen-bond donors (Lipinski definition) is 3. The van der Waals surface area contributed by atoms with Gasteiger partial charge >= 0.3 is 5.97 Å². The Labute approximate surface area is 306 Å². The third-order valence-corrected chi connectivity index (χ3v) is 9.74. The second-order valence-electron chi connectivity index (χ2n) is 12.6. The van der Waals surface area contributed by atoms with Gasteiger partial charge in [0.05, 0.1) is 34.6 Å². The molecule has 1 aliphatic heterocycles. The average Bonchev–Trinajstić information content (AvgIpc) is 3.13. The fourth-order valence-electron chi connectivity index (χ4n) is 6.08. The molecule has 1 atom stereocenters. The molecular weight excluding hydrogens is 690 g/mol. The van der Waals surface area contributed by atoms with E-state index >= 15 is 4.39 Å². The molecule has 2 aromatic carbocycles. The van der Waals surface area contributed by atoms with Gasteiger partial charge in [0.25, 0.3) is 0 Å². The zero-order valence-corrected chi connectivity index (χ0v) is 30.1. The van der Waals surface area contributed by atoms with Crippen LogP contribution < -0.4 is 10.6 Å². The molecule has 1 aliphatic rings. The van der Waals surface area contributed by atoms with Crippen molar-refractivity contribution in [2.45, 2.75) is 52.4 Å². The highest BCUT2D eigenvalue weighted by Gasteiger charge is 2.21. The van der Waals surface area contributed by atoms with E-state index in [1.807, 2.05) is 48.5 Å². The van der Waals surface area contributed by atoms with Gasteiger partial charge in [-0.2, -0.15) is 0 Å². The number of hydrogen-bond acceptors (Lipinski definition) is 9. The van der Waals surface area contributed by atoms with E-state index in [0.29, 0.717) is 56.3 Å². The molecule has 12 heteroatoms. The van der Waals surface area contributed by atoms with Crippen molar-refractivity contribution in [3.63, 3.8) is 0 Å². The van der Waals surface area contributed by atoms with Gasteiger partial charge in [0, 0.05) is 60.8 Å². The number of aromatic nitrogens is 3. The van der Waals surface area contributed by atoms with Crippen LogP contribution in [0.25, 0.3) is 33.9 Å². The first-order valence-electron chi connectivity index (χ1n) is 16.8. The first-order valence-corrected chi connectivity index (χ1v) is 17.6. The first-order chi connectivity index (χ1) is 24.7. The number of nitrogens with one attached hydrogen (secondary N) is 2. The quantitative estimate of drug-likeness (QED) is 0.110. The molecule has 0 bridgehead atoms. The lowest BCUT2D eigenvalue weighted by atomic mass is 9.99. The molecule has 264 valence electrons. The number of nitrogens with zero attached hydrogens (tertiary/aromatic N) is 4. The molecule has 9 nitrogen and oxygen atoms in total. The molecule has 3 N–H and O–H groups in total. The Bertz CT molecular complexity index is 2090. The molecule has 0 spiro atoms. The normalized spacial score (nSPS) is 14.1. The Morgan fingerprint density at radius 3 is 2.59 bits per heavy atom. The van der Waals surface area contributed by atoms with Crippen LogP contribution in [0, 0.1) is 0 Å². The molecule has 3 aromatic heterocycles. The van der Waals surface area contributed by atoms with Crippen LogP contribution in [0.15, 0.2) is 73.2 Å². The fourth-order valence-corrected chi connectivity index (χ4v) is 6.64. The number of fused-ring (bicyclic) bond motifs is 2. The van der Waals surface area contributed by atoms with Crippen LogP contribution in [0.2, 0.25) is 10.0 Å². The van der Waals surface area contributed by atoms with Crippen LogP contribution >= 0.6 is 23.2 Å². The van der Waals surface area contributed by atoms with E-state index in [1.54, 1.807) is 31.6 Å². The number of anilines is 2. The average molecular weight is 730 g/mol. The van der Waals surface area contributed by atoms with Crippen LogP contribution in [-0.2, 0) is 29.0 Å². The van der Waals surface area contributed by atoms with Gasteiger partial charge in [-0.05, 0) is 79.8 Å². The number of aliphatic hydroxyl groups is 1. The standard InChI is InChI=1S/C39H39Cl2FN6O3/c1-4-51-39(50)34(22-49)44-18-24-15-27-11-13-43-38(37(27)46-19-24)47-32-10-6-9-30(36(32)41)29-8-5-7-26(35(29)40)16-31(42)33-17-25-12-14-48(23(2)3)21-28(25)20-45-33/h5-11,13,15-17,19-20,23,34,44,49H,4,12,14,18,21-22H2,1-3H3,(H,43,47)/b31-16-/t34-/m1/s1. The molecule has 0 radical (unpaired) electrons. The minimum Gasteiger partial charge on any atom is -0.465 e. The zero-order valence-electron chi connectivity index (χ0n) is 28.6. The third-order valence-electron chi connectivity index (χ3n) is 8.91. The SMILES string of the molecule is CCOC(=O)[C@@H](CO)NCc1cnc2c(Nc3cccc(-c4cccc(/C=C(\F)c5cc6c(cn5)CN(C(C)C)CC6)c4Cl)c3Cl)nccc2c1. The van der Waals surface area contributed by atoms with Crippen molar-refractivity contribution in [1.29, 1.82) is 0 Å². The zero-order chi connectivity index (χ0) is 36.1. The minimum atomic E-state index is -0.836. The van der Waals surface area contributed by atoms with Crippen LogP contribution in [-0.4, -0.2) is 62.8 Å². The number of ether oxygens (including phenoxy) is 1. The van der Waals surface area contributed by atoms with E-state index < -0.39 is 17.8 Å². The van der Waals surface area contributed by atoms with Gasteiger partial charge in [0.1, 0.15) is 17.4 Å². The number of pyridine rings is 3. The predicted octanol–water partition coefficient (Wildman–Crippen LogP) is 7.99. The number of rotatable bonds is 12. The van der Waals surface area contributed by atoms with E-state index in [1.165, 1.54) is 6.08 Å². The lowest BCUT2D eigenvalue weighted by Crippen LogP contribution is -2.40. The highest BCUT2D eigenvalue weighted by molar-refractivity contribution is 6.39. The number of esters is 1. The molecule has 0 fully saturated rings. The van der Waals surface area contributed by atoms with Crippen LogP contribution in [0.5, 0.6) is 0 Å². The monoisotopic (exact) mass is 728 g/mol. The molecule has 0 saturated heterocycles. The van der Waals surface area contributed by atoms with E-state index in [9.17, 15) is 9.90 Å². The molecular formula is C39H39Cl2FN6O3. The molecule has 0 amide bonds. The lowest BCUT2D eigenvalue weighted by Gasteiger charge is -2.31. The number of halogens is 3. The summed E-state index contributed by atoms with van der Waals surface area (Å²) in [5.41, 5.74) is 6.34. The van der Waals surface area contributed by atoms with Crippen LogP contribution in [0.3, 0.4) is 0 Å². The summed E-state index contributed by atoms with van der Waals surface area (Å²) in [6, 6.07) is 16.2. The summed E-state index contributed by atoms with van der Waals surface area (Å²) in [4.78, 5) is 28.0. The molecule has 5 aromatic rings. The van der Waals surface area contributed by atoms with Crippen molar-refractivity contribution in [3.8, 4) is 11.1 Å². The molecule has 0 unspecified atom stereocenters. The fraction of sp³-hybridized carbons (Fsp3) is 0.282. The molecule has 51 heavy (non-hydrogen) atoms. The Balaban J connectivity index is 1.22. The van der Waals surface area contributed by atoms with Gasteiger partial charge in [0.15, 0.2) is 5.82 Å². The summed E-state index contributed by atoms with van der Waals surface area (Å²) in [5, 5.41) is 17.5. The van der Waals surface area contributed by atoms with Gasteiger partial charge in [-0.15, -0.1) is 0 Å². The summed E-state index contributed by atoms with van der Waals surface area (Å²) >= 11 is 13.9. The Morgan fingerprint density at radius 1 is 1.04 bits per heavy atom. The van der Waals surface area contributed by atoms with Gasteiger partial charge < -0.3 is 15.2 Å². The molecule has 0 aliphatic carbocycles. The van der Waals surface area contributed by atoms with Crippen LogP contribution in [0.4, 0.5) is 15.9 Å². The van der Waals surface area contributed by atoms with Crippen molar-refractivity contribution in [2.24, 2.45) is 0 Å². The van der Waals surface area contributed by atoms with E-state index in [4.69, 9.17) is 27.9 Å². The van der Waals surface area contributed by atoms with Gasteiger partial charge in [-0.25, -0.2) is 9.37 Å². The molecule has 0 saturated carbocycles. The summed E-state index contributed by atoms with van der Waals surface area (Å²) in [7, 11) is 0. The van der Waals surface area contributed by atoms with Gasteiger partial charge in [-0.1, -0.05) is 53.5 Å². The minimum absolute atomic E-state index is 0.229. The van der Waals surface area contributed by atoms with E-state index in [0.717, 1.165) is 41.6 Å². The van der Waals surface area contributed by atoms with Crippen molar-refractivity contribution >= 4 is 63.5 Å². The number of benzene rings is 2. The number of carbonyl (C=O) groups excluding carboxylic acids is 1. The highest BCUT2D eigenvalue weighted by atomic mass is 35.5. The predicted molar refractivity (Wildman–Crippen MR) is 202 cm³/mol. The first kappa shape index (κ1) is 36.3. The summed E-state index contributed by atoms with van der Waals surface area (Å²) in [6.45, 7) is 7.95. The maximum atomic E-state index is 15.7. The summed E-state index contributed by atoms with van der Waals surface area (Å²) in [6.07, 6.45) is 7.38. The lowest BCUT2D eigenvalue weighted by molar-refractivity contribution is -0.146. The maximum Gasteiger partial charge on any atom is 0.325 e. The van der Waals surface area contributed by atoms with Crippen molar-refractivity contribution in [3.05, 3.63) is 111 Å². The second-order valence-corrected chi connectivity index (χ2v) is 13.3. The summed E-state index contributed by atoms with van der Waals surface area (Å²) in [5.74, 6) is -0.489. The van der Waals surface area contributed by atoms with Crippen molar-refractivity contribution in [1.82, 2.24) is 25.2 Å². The smallest absolute Gasteiger partial charge is 0.325 e. The topological polar surface area (TPSA) is 112 Å². The molecule has 4 heterocycles. The Kier molecular flexibility index (Phi) is 11.6. The highest BCUT2D eigenvalue weighted by Crippen LogP contribution is 2.40. The summed E-state index contributed by atoms with van der Waals surface area (Å²) < 4.78 is 20.7. The maximum absolute atomic E-state index is 15.7. The Morgan fingerprint density at radius 2 is 1.82 bits per heavy atom. The van der Waals surface area contributed by atoms with Crippen molar-refractivity contribution in [2.75, 3.05) is 25.1 Å². The second kappa shape index (κ2) is 16.3. The van der Waals surface area contributed by atoms with Crippen molar-refractivity contribution < 1.29 is 19.0 Å². The van der Waals surface area contributed by atoms with Gasteiger partial charge in [0.2, 0.25) is 0 Å². The number of aliphatic hydroxyl groups excluding tert-OH is 1. The van der Waals surface area contributed by atoms with E-state index in [-0.39, 0.29) is 18.9 Å². The van der Waals surface area contributed by atoms with E-state index in [2.05, 4.69) is 44.3 Å². The van der Waals surface area contributed by atoms with Gasteiger partial charge in [-0.3, -0.25) is 25.0 Å².